The van der Waals surface area contributed by atoms with Crippen LogP contribution >= 0.6 is 15.9 Å². The maximum Gasteiger partial charge on any atom is 0.335 e. The number of nitrogens with one attached hydrogen (secondary N) is 1. The minimum Gasteiger partial charge on any atom is -0.493 e. The van der Waals surface area contributed by atoms with Gasteiger partial charge in [-0.25, -0.2) is 9.69 Å². The summed E-state index contributed by atoms with van der Waals surface area (Å²) in [5.41, 5.74) is 0.811. The molecule has 0 radical (unpaired) electrons. The second kappa shape index (κ2) is 10.9. The van der Waals surface area contributed by atoms with E-state index in [-0.39, 0.29) is 5.57 Å². The number of halogens is 1. The number of para-hydroxylation sites is 2. The molecule has 4 amide bonds. The van der Waals surface area contributed by atoms with E-state index in [2.05, 4.69) is 21.2 Å². The van der Waals surface area contributed by atoms with E-state index in [0.29, 0.717) is 41.7 Å². The van der Waals surface area contributed by atoms with Crippen molar-refractivity contribution >= 4 is 45.5 Å². The molecule has 0 bridgehead atoms. The van der Waals surface area contributed by atoms with E-state index in [1.54, 1.807) is 55.6 Å². The molecule has 0 atom stereocenters. The molecular formula is C26H21BrN2O6. The molecule has 0 spiro atoms. The molecule has 0 unspecified atom stereocenters. The second-order valence-electron chi connectivity index (χ2n) is 7.35. The number of carbonyl (C=O) groups is 3. The molecule has 178 valence electrons. The molecule has 3 aromatic rings. The van der Waals surface area contributed by atoms with Crippen molar-refractivity contribution in [3.63, 3.8) is 0 Å². The van der Waals surface area contributed by atoms with E-state index in [1.807, 2.05) is 24.3 Å². The Bertz CT molecular complexity index is 1270. The first kappa shape index (κ1) is 24.0. The number of methoxy groups -OCH3 is 1. The average Bonchev–Trinajstić information content (AvgIpc) is 2.86. The lowest BCUT2D eigenvalue weighted by molar-refractivity contribution is -0.122. The summed E-state index contributed by atoms with van der Waals surface area (Å²) < 4.78 is 17.4. The predicted molar refractivity (Wildman–Crippen MR) is 134 cm³/mol. The van der Waals surface area contributed by atoms with Crippen molar-refractivity contribution in [2.75, 3.05) is 25.2 Å². The Hall–Kier alpha value is -4.11. The Morgan fingerprint density at radius 2 is 1.51 bits per heavy atom. The molecular weight excluding hydrogens is 516 g/mol. The molecule has 0 saturated carbocycles. The van der Waals surface area contributed by atoms with E-state index in [9.17, 15) is 14.4 Å². The van der Waals surface area contributed by atoms with Crippen LogP contribution in [-0.4, -0.2) is 38.2 Å². The molecule has 1 aliphatic heterocycles. The van der Waals surface area contributed by atoms with Gasteiger partial charge in [0.1, 0.15) is 24.5 Å². The lowest BCUT2D eigenvalue weighted by atomic mass is 10.1. The maximum atomic E-state index is 13.0. The van der Waals surface area contributed by atoms with Crippen LogP contribution in [0.2, 0.25) is 0 Å². The fourth-order valence-corrected chi connectivity index (χ4v) is 3.62. The SMILES string of the molecule is COc1ccccc1OCCOc1ccc(/C=C2/C(=O)NC(=O)N(c3ccc(Br)cc3)C2=O)cc1. The number of amides is 4. The van der Waals surface area contributed by atoms with Gasteiger partial charge in [0.25, 0.3) is 11.8 Å². The van der Waals surface area contributed by atoms with Gasteiger partial charge in [-0.2, -0.15) is 0 Å². The summed E-state index contributed by atoms with van der Waals surface area (Å²) in [6.45, 7) is 0.629. The van der Waals surface area contributed by atoms with Gasteiger partial charge in [-0.3, -0.25) is 14.9 Å². The number of anilines is 1. The number of hydrogen-bond donors (Lipinski definition) is 1. The summed E-state index contributed by atoms with van der Waals surface area (Å²) in [5.74, 6) is 0.428. The minimum atomic E-state index is -0.793. The highest BCUT2D eigenvalue weighted by molar-refractivity contribution is 9.10. The van der Waals surface area contributed by atoms with Gasteiger partial charge in [-0.05, 0) is 60.2 Å². The van der Waals surface area contributed by atoms with Gasteiger partial charge < -0.3 is 14.2 Å². The molecule has 1 aliphatic rings. The Morgan fingerprint density at radius 1 is 0.857 bits per heavy atom. The van der Waals surface area contributed by atoms with Gasteiger partial charge >= 0.3 is 6.03 Å². The van der Waals surface area contributed by atoms with Gasteiger partial charge in [0.15, 0.2) is 11.5 Å². The normalized spacial score (nSPS) is 14.6. The number of ether oxygens (including phenoxy) is 3. The van der Waals surface area contributed by atoms with Crippen LogP contribution in [0.5, 0.6) is 17.2 Å². The molecule has 1 N–H and O–H groups in total. The number of carbonyl (C=O) groups excluding carboxylic acids is 3. The van der Waals surface area contributed by atoms with Crippen LogP contribution in [-0.2, 0) is 9.59 Å². The number of nitrogens with zero attached hydrogens (tertiary/aromatic N) is 1. The fourth-order valence-electron chi connectivity index (χ4n) is 3.36. The lowest BCUT2D eigenvalue weighted by Gasteiger charge is -2.26. The van der Waals surface area contributed by atoms with Gasteiger partial charge in [0.2, 0.25) is 0 Å². The monoisotopic (exact) mass is 536 g/mol. The molecule has 1 heterocycles. The van der Waals surface area contributed by atoms with Crippen molar-refractivity contribution in [1.29, 1.82) is 0 Å². The third-order valence-corrected chi connectivity index (χ3v) is 5.58. The van der Waals surface area contributed by atoms with E-state index in [1.165, 1.54) is 6.08 Å². The highest BCUT2D eigenvalue weighted by atomic mass is 79.9. The molecule has 9 heteroatoms. The van der Waals surface area contributed by atoms with Crippen LogP contribution < -0.4 is 24.4 Å². The van der Waals surface area contributed by atoms with Crippen LogP contribution in [0, 0.1) is 0 Å². The van der Waals surface area contributed by atoms with Crippen molar-refractivity contribution in [2.45, 2.75) is 0 Å². The van der Waals surface area contributed by atoms with Crippen LogP contribution in [0.15, 0.2) is 82.8 Å². The molecule has 35 heavy (non-hydrogen) atoms. The maximum absolute atomic E-state index is 13.0. The Morgan fingerprint density at radius 3 is 2.20 bits per heavy atom. The van der Waals surface area contributed by atoms with Crippen molar-refractivity contribution < 1.29 is 28.6 Å². The highest BCUT2D eigenvalue weighted by Gasteiger charge is 2.36. The van der Waals surface area contributed by atoms with Gasteiger partial charge in [0.05, 0.1) is 12.8 Å². The van der Waals surface area contributed by atoms with Crippen LogP contribution in [0.1, 0.15) is 5.56 Å². The average molecular weight is 537 g/mol. The first-order valence-corrected chi connectivity index (χ1v) is 11.4. The zero-order valence-electron chi connectivity index (χ0n) is 18.7. The molecule has 3 aromatic carbocycles. The standard InChI is InChI=1S/C26H21BrN2O6/c1-33-22-4-2-3-5-23(22)35-15-14-34-20-12-6-17(7-13-20)16-21-24(30)28-26(32)29(25(21)31)19-10-8-18(27)9-11-19/h2-13,16H,14-15H2,1H3,(H,28,30,32)/b21-16-. The molecule has 8 nitrogen and oxygen atoms in total. The molecule has 0 aromatic heterocycles. The minimum absolute atomic E-state index is 0.147. The first-order chi connectivity index (χ1) is 17.0. The summed E-state index contributed by atoms with van der Waals surface area (Å²) in [6.07, 6.45) is 1.44. The van der Waals surface area contributed by atoms with E-state index in [4.69, 9.17) is 14.2 Å². The topological polar surface area (TPSA) is 94.2 Å². The quantitative estimate of drug-likeness (QED) is 0.257. The predicted octanol–water partition coefficient (Wildman–Crippen LogP) is 4.58. The third-order valence-electron chi connectivity index (χ3n) is 5.06. The molecule has 4 rings (SSSR count). The second-order valence-corrected chi connectivity index (χ2v) is 8.27. The zero-order valence-corrected chi connectivity index (χ0v) is 20.3. The summed E-state index contributed by atoms with van der Waals surface area (Å²) in [5, 5.41) is 2.21. The Kier molecular flexibility index (Phi) is 7.47. The summed E-state index contributed by atoms with van der Waals surface area (Å²) in [7, 11) is 1.58. The summed E-state index contributed by atoms with van der Waals surface area (Å²) >= 11 is 3.32. The van der Waals surface area contributed by atoms with Crippen molar-refractivity contribution in [3.05, 3.63) is 88.4 Å². The smallest absolute Gasteiger partial charge is 0.335 e. The van der Waals surface area contributed by atoms with E-state index >= 15 is 0 Å². The molecule has 1 saturated heterocycles. The first-order valence-electron chi connectivity index (χ1n) is 10.6. The number of urea groups is 1. The van der Waals surface area contributed by atoms with Crippen LogP contribution in [0.25, 0.3) is 6.08 Å². The Balaban J connectivity index is 1.40. The number of barbiturate groups is 1. The largest absolute Gasteiger partial charge is 0.493 e. The van der Waals surface area contributed by atoms with Gasteiger partial charge in [-0.15, -0.1) is 0 Å². The number of rotatable bonds is 8. The molecule has 0 aliphatic carbocycles. The van der Waals surface area contributed by atoms with Crippen LogP contribution in [0.3, 0.4) is 0 Å². The fraction of sp³-hybridized carbons (Fsp3) is 0.115. The van der Waals surface area contributed by atoms with E-state index in [0.717, 1.165) is 9.37 Å². The number of imide groups is 2. The lowest BCUT2D eigenvalue weighted by Crippen LogP contribution is -2.54. The number of benzene rings is 3. The van der Waals surface area contributed by atoms with Crippen molar-refractivity contribution in [1.82, 2.24) is 5.32 Å². The Labute approximate surface area is 210 Å². The third kappa shape index (κ3) is 5.70. The van der Waals surface area contributed by atoms with Gasteiger partial charge in [0, 0.05) is 4.47 Å². The summed E-state index contributed by atoms with van der Waals surface area (Å²) in [6, 6.07) is 20.0. The van der Waals surface area contributed by atoms with Gasteiger partial charge in [-0.1, -0.05) is 40.2 Å². The number of hydrogen-bond acceptors (Lipinski definition) is 6. The highest BCUT2D eigenvalue weighted by Crippen LogP contribution is 2.26. The van der Waals surface area contributed by atoms with Crippen molar-refractivity contribution in [2.24, 2.45) is 0 Å². The molecule has 1 fully saturated rings. The summed E-state index contributed by atoms with van der Waals surface area (Å²) in [4.78, 5) is 38.5. The van der Waals surface area contributed by atoms with Crippen LogP contribution in [0.4, 0.5) is 10.5 Å². The van der Waals surface area contributed by atoms with E-state index < -0.39 is 17.8 Å². The van der Waals surface area contributed by atoms with Crippen molar-refractivity contribution in [3.8, 4) is 17.2 Å². The zero-order chi connectivity index (χ0) is 24.8.